The lowest BCUT2D eigenvalue weighted by molar-refractivity contribution is 0.165. The van der Waals surface area contributed by atoms with Gasteiger partial charge >= 0.3 is 0 Å². The first kappa shape index (κ1) is 10.6. The van der Waals surface area contributed by atoms with E-state index < -0.39 is 0 Å². The van der Waals surface area contributed by atoms with Gasteiger partial charge < -0.3 is 4.74 Å². The zero-order valence-electron chi connectivity index (χ0n) is 8.85. The maximum atomic E-state index is 5.55. The molecule has 0 aromatic rings. The normalized spacial score (nSPS) is 20.2. The molecule has 0 bridgehead atoms. The van der Waals surface area contributed by atoms with Crippen LogP contribution >= 0.6 is 0 Å². The van der Waals surface area contributed by atoms with E-state index >= 15 is 0 Å². The molecule has 0 spiro atoms. The molecule has 1 aliphatic heterocycles. The number of hydrogen-bond donors (Lipinski definition) is 0. The number of allylic oxidation sites excluding steroid dienone is 2. The van der Waals surface area contributed by atoms with E-state index in [-0.39, 0.29) is 0 Å². The lowest BCUT2D eigenvalue weighted by Crippen LogP contribution is -2.02. The van der Waals surface area contributed by atoms with Crippen molar-refractivity contribution in [1.29, 1.82) is 0 Å². The maximum absolute atomic E-state index is 5.55. The van der Waals surface area contributed by atoms with Gasteiger partial charge in [-0.2, -0.15) is 0 Å². The summed E-state index contributed by atoms with van der Waals surface area (Å²) >= 11 is 0. The van der Waals surface area contributed by atoms with E-state index in [0.29, 0.717) is 0 Å². The maximum Gasteiger partial charge on any atom is 0.0919 e. The highest BCUT2D eigenvalue weighted by atomic mass is 16.5. The molecule has 0 aromatic heterocycles. The van der Waals surface area contributed by atoms with E-state index in [1.165, 1.54) is 57.1 Å². The summed E-state index contributed by atoms with van der Waals surface area (Å²) in [4.78, 5) is 0. The van der Waals surface area contributed by atoms with E-state index in [9.17, 15) is 0 Å². The van der Waals surface area contributed by atoms with Gasteiger partial charge in [0.05, 0.1) is 12.4 Å². The molecule has 0 aliphatic carbocycles. The lowest BCUT2D eigenvalue weighted by Gasteiger charge is -2.15. The smallest absolute Gasteiger partial charge is 0.0919 e. The molecule has 0 aromatic carbocycles. The Bertz CT molecular complexity index is 141. The second-order valence-electron chi connectivity index (χ2n) is 3.83. The molecular weight excluding hydrogens is 160 g/mol. The second-order valence-corrected chi connectivity index (χ2v) is 3.83. The Balaban J connectivity index is 2.01. The molecule has 1 nitrogen and oxygen atoms in total. The van der Waals surface area contributed by atoms with Gasteiger partial charge in [0.15, 0.2) is 0 Å². The molecule has 1 saturated heterocycles. The van der Waals surface area contributed by atoms with E-state index in [4.69, 9.17) is 4.74 Å². The van der Waals surface area contributed by atoms with Gasteiger partial charge in [0.25, 0.3) is 0 Å². The van der Waals surface area contributed by atoms with Crippen molar-refractivity contribution < 1.29 is 4.74 Å². The van der Waals surface area contributed by atoms with E-state index in [1.54, 1.807) is 0 Å². The van der Waals surface area contributed by atoms with Crippen LogP contribution in [0, 0.1) is 0 Å². The van der Waals surface area contributed by atoms with Gasteiger partial charge in [-0.25, -0.2) is 0 Å². The molecule has 13 heavy (non-hydrogen) atoms. The van der Waals surface area contributed by atoms with Crippen molar-refractivity contribution in [2.75, 3.05) is 6.61 Å². The average molecular weight is 182 g/mol. The van der Waals surface area contributed by atoms with Crippen LogP contribution < -0.4 is 0 Å². The summed E-state index contributed by atoms with van der Waals surface area (Å²) in [5.74, 6) is 1.25. The summed E-state index contributed by atoms with van der Waals surface area (Å²) in [6.07, 6.45) is 12.7. The fourth-order valence-corrected chi connectivity index (χ4v) is 1.67. The molecule has 1 aliphatic rings. The Hall–Kier alpha value is -0.460. The van der Waals surface area contributed by atoms with Gasteiger partial charge in [-0.15, -0.1) is 0 Å². The summed E-state index contributed by atoms with van der Waals surface area (Å²) in [7, 11) is 0. The average Bonchev–Trinajstić information content (AvgIpc) is 2.19. The van der Waals surface area contributed by atoms with Crippen LogP contribution in [-0.2, 0) is 4.74 Å². The van der Waals surface area contributed by atoms with Gasteiger partial charge in [0.1, 0.15) is 0 Å². The third kappa shape index (κ3) is 4.97. The molecule has 1 heteroatoms. The van der Waals surface area contributed by atoms with Crippen LogP contribution in [0.3, 0.4) is 0 Å². The topological polar surface area (TPSA) is 9.23 Å². The first-order valence-electron chi connectivity index (χ1n) is 5.75. The summed E-state index contributed by atoms with van der Waals surface area (Å²) < 4.78 is 5.55. The number of rotatable bonds is 5. The van der Waals surface area contributed by atoms with E-state index in [2.05, 4.69) is 13.0 Å². The van der Waals surface area contributed by atoms with Crippen molar-refractivity contribution in [1.82, 2.24) is 0 Å². The summed E-state index contributed by atoms with van der Waals surface area (Å²) in [5, 5.41) is 0. The van der Waals surface area contributed by atoms with Gasteiger partial charge in [-0.05, 0) is 31.8 Å². The Kier molecular flexibility index (Phi) is 5.71. The molecule has 0 atom stereocenters. The van der Waals surface area contributed by atoms with Crippen LogP contribution in [0.5, 0.6) is 0 Å². The minimum Gasteiger partial charge on any atom is -0.498 e. The first-order chi connectivity index (χ1) is 6.43. The Morgan fingerprint density at radius 3 is 2.85 bits per heavy atom. The van der Waals surface area contributed by atoms with E-state index in [0.717, 1.165) is 6.61 Å². The van der Waals surface area contributed by atoms with Crippen LogP contribution in [0.1, 0.15) is 58.3 Å². The van der Waals surface area contributed by atoms with Crippen LogP contribution in [0.4, 0.5) is 0 Å². The Morgan fingerprint density at radius 1 is 1.23 bits per heavy atom. The number of unbranched alkanes of at least 4 members (excludes halogenated alkanes) is 4. The molecule has 0 saturated carbocycles. The van der Waals surface area contributed by atoms with E-state index in [1.807, 2.05) is 0 Å². The standard InChI is InChI=1S/C12H22O/c1-2-3-4-5-6-9-12-10-7-8-11-13-12/h9H,2-8,10-11H2,1H3. The van der Waals surface area contributed by atoms with Crippen molar-refractivity contribution in [3.63, 3.8) is 0 Å². The van der Waals surface area contributed by atoms with Crippen molar-refractivity contribution in [2.45, 2.75) is 58.3 Å². The molecule has 0 radical (unpaired) electrons. The molecule has 1 heterocycles. The molecule has 0 amide bonds. The van der Waals surface area contributed by atoms with Crippen LogP contribution in [0.2, 0.25) is 0 Å². The van der Waals surface area contributed by atoms with Crippen LogP contribution in [0.15, 0.2) is 11.8 Å². The molecule has 1 rings (SSSR count). The third-order valence-electron chi connectivity index (χ3n) is 2.53. The van der Waals surface area contributed by atoms with Crippen molar-refractivity contribution >= 4 is 0 Å². The molecule has 1 fully saturated rings. The lowest BCUT2D eigenvalue weighted by atomic mass is 10.1. The highest BCUT2D eigenvalue weighted by Crippen LogP contribution is 2.17. The predicted molar refractivity (Wildman–Crippen MR) is 56.6 cm³/mol. The fraction of sp³-hybridized carbons (Fsp3) is 0.833. The minimum absolute atomic E-state index is 0.945. The number of ether oxygens (including phenoxy) is 1. The minimum atomic E-state index is 0.945. The molecular formula is C12H22O. The Morgan fingerprint density at radius 2 is 2.15 bits per heavy atom. The molecule has 0 unspecified atom stereocenters. The van der Waals surface area contributed by atoms with Crippen molar-refractivity contribution in [3.05, 3.63) is 11.8 Å². The second kappa shape index (κ2) is 6.99. The van der Waals surface area contributed by atoms with Gasteiger partial charge in [0, 0.05) is 6.42 Å². The van der Waals surface area contributed by atoms with Gasteiger partial charge in [0.2, 0.25) is 0 Å². The fourth-order valence-electron chi connectivity index (χ4n) is 1.67. The zero-order chi connectivity index (χ0) is 9.36. The number of hydrogen-bond acceptors (Lipinski definition) is 1. The van der Waals surface area contributed by atoms with Gasteiger partial charge in [-0.1, -0.05) is 26.2 Å². The first-order valence-corrected chi connectivity index (χ1v) is 5.75. The third-order valence-corrected chi connectivity index (χ3v) is 2.53. The molecule has 0 N–H and O–H groups in total. The summed E-state index contributed by atoms with van der Waals surface area (Å²) in [5.41, 5.74) is 0. The zero-order valence-corrected chi connectivity index (χ0v) is 8.85. The highest BCUT2D eigenvalue weighted by Gasteiger charge is 2.04. The van der Waals surface area contributed by atoms with Crippen molar-refractivity contribution in [3.8, 4) is 0 Å². The van der Waals surface area contributed by atoms with Crippen molar-refractivity contribution in [2.24, 2.45) is 0 Å². The highest BCUT2D eigenvalue weighted by molar-refractivity contribution is 4.94. The predicted octanol–water partition coefficient (Wildman–Crippen LogP) is 4.04. The summed E-state index contributed by atoms with van der Waals surface area (Å²) in [6, 6.07) is 0. The summed E-state index contributed by atoms with van der Waals surface area (Å²) in [6.45, 7) is 3.20. The molecule has 76 valence electrons. The van der Waals surface area contributed by atoms with Crippen LogP contribution in [0.25, 0.3) is 0 Å². The SMILES string of the molecule is CCCCCCC=C1CCCCO1. The van der Waals surface area contributed by atoms with Crippen LogP contribution in [-0.4, -0.2) is 6.61 Å². The largest absolute Gasteiger partial charge is 0.498 e. The monoisotopic (exact) mass is 182 g/mol. The quantitative estimate of drug-likeness (QED) is 0.583. The Labute approximate surface area is 82.2 Å². The van der Waals surface area contributed by atoms with Gasteiger partial charge in [-0.3, -0.25) is 0 Å².